The van der Waals surface area contributed by atoms with Crippen LogP contribution in [0.1, 0.15) is 180 Å². The van der Waals surface area contributed by atoms with E-state index in [2.05, 4.69) is 86.7 Å². The molecule has 2 aliphatic heterocycles. The molecule has 0 saturated heterocycles. The van der Waals surface area contributed by atoms with E-state index in [1.165, 1.54) is 0 Å². The minimum absolute atomic E-state index is 0.0684. The molecule has 7 aromatic carbocycles. The van der Waals surface area contributed by atoms with Crippen LogP contribution in [-0.2, 0) is 94.7 Å². The lowest BCUT2D eigenvalue weighted by Crippen LogP contribution is -2.28. The van der Waals surface area contributed by atoms with Crippen molar-refractivity contribution in [2.45, 2.75) is 137 Å². The molecule has 0 aliphatic carbocycles. The van der Waals surface area contributed by atoms with E-state index in [-0.39, 0.29) is 47.1 Å². The number of nitrogens with one attached hydrogen (secondary N) is 2. The number of rotatable bonds is 28. The predicted octanol–water partition coefficient (Wildman–Crippen LogP) is 11.4. The van der Waals surface area contributed by atoms with Crippen LogP contribution in [-0.4, -0.2) is 186 Å². The summed E-state index contributed by atoms with van der Waals surface area (Å²) in [6.07, 6.45) is 10.3. The molecule has 0 radical (unpaired) electrons. The van der Waals surface area contributed by atoms with Gasteiger partial charge in [0.2, 0.25) is 11.4 Å². The molecular weight excluding hydrogens is 1790 g/mol. The van der Waals surface area contributed by atoms with Crippen LogP contribution >= 0.6 is 0 Å². The quantitative estimate of drug-likeness (QED) is 0.0151. The van der Waals surface area contributed by atoms with Gasteiger partial charge < -0.3 is 19.7 Å². The number of nitrogens with zero attached hydrogens (tertiary/aromatic N) is 5. The number of para-hydroxylation sites is 3. The third-order valence-corrected chi connectivity index (χ3v) is 19.8. The maximum absolute atomic E-state index is 12.9. The Hall–Kier alpha value is -12.1. The fraction of sp³-hybridized carbons (Fsp3) is 0.305. The summed E-state index contributed by atoms with van der Waals surface area (Å²) in [6.45, 7) is 19.2. The highest BCUT2D eigenvalue weighted by Crippen LogP contribution is 2.47. The maximum atomic E-state index is 12.9. The zero-order valence-electron chi connectivity index (χ0n) is 68.8. The highest BCUT2D eigenvalue weighted by molar-refractivity contribution is 7.85. The number of Topliss-reactive ketones (excluding diaryl/α,β-unsaturated/α-hetero) is 4. The van der Waals surface area contributed by atoms with Gasteiger partial charge in [0.25, 0.3) is 0 Å². The molecule has 0 atom stereocenters. The van der Waals surface area contributed by atoms with Crippen LogP contribution in [0.3, 0.4) is 0 Å². The van der Waals surface area contributed by atoms with Gasteiger partial charge in [0.05, 0.1) is 43.1 Å². The first-order valence-corrected chi connectivity index (χ1v) is 46.7. The zero-order chi connectivity index (χ0) is 94.1. The van der Waals surface area contributed by atoms with Crippen LogP contribution in [0.2, 0.25) is 0 Å². The molecule has 0 saturated carbocycles. The number of benzene rings is 7. The third kappa shape index (κ3) is 37.5. The summed E-state index contributed by atoms with van der Waals surface area (Å²) < 4.78 is 224. The van der Waals surface area contributed by atoms with Gasteiger partial charge in [-0.1, -0.05) is 107 Å². The minimum Gasteiger partial charge on any atom is -0.748 e. The summed E-state index contributed by atoms with van der Waals surface area (Å²) in [5.74, 6) is -1.12. The van der Waals surface area contributed by atoms with Crippen molar-refractivity contribution in [3.8, 4) is 22.3 Å². The average molecular weight is 1880 g/mol. The Kier molecular flexibility index (Phi) is 45.0. The van der Waals surface area contributed by atoms with Crippen molar-refractivity contribution in [3.05, 3.63) is 222 Å². The molecule has 0 amide bonds. The number of anilines is 2. The van der Waals surface area contributed by atoms with Crippen molar-refractivity contribution >= 4 is 175 Å². The number of ketones is 4. The van der Waals surface area contributed by atoms with Gasteiger partial charge in [-0.3, -0.25) is 19.2 Å². The molecule has 43 heteroatoms. The van der Waals surface area contributed by atoms with E-state index >= 15 is 0 Å². The summed E-state index contributed by atoms with van der Waals surface area (Å²) in [6, 6.07) is 57.2. The first kappa shape index (κ1) is 107. The molecule has 668 valence electrons. The first-order valence-electron chi connectivity index (χ1n) is 37.6. The van der Waals surface area contributed by atoms with Gasteiger partial charge in [-0.15, -0.1) is 75.8 Å². The Balaban J connectivity index is 0.000000456. The van der Waals surface area contributed by atoms with Gasteiger partial charge in [-0.2, -0.15) is 9.15 Å². The van der Waals surface area contributed by atoms with Crippen LogP contribution in [0.4, 0.5) is 28.4 Å². The third-order valence-electron chi connectivity index (χ3n) is 18.2. The van der Waals surface area contributed by atoms with Crippen LogP contribution in [0.5, 0.6) is 0 Å². The van der Waals surface area contributed by atoms with Crippen molar-refractivity contribution in [1.29, 1.82) is 0 Å². The van der Waals surface area contributed by atoms with E-state index in [1.54, 1.807) is 30.6 Å². The van der Waals surface area contributed by atoms with Crippen LogP contribution in [0.15, 0.2) is 193 Å². The molecule has 2 aromatic heterocycles. The lowest BCUT2D eigenvalue weighted by atomic mass is 9.79. The number of pyridine rings is 2. The van der Waals surface area contributed by atoms with E-state index in [0.29, 0.717) is 87.2 Å². The molecule has 0 spiro atoms. The standard InChI is InChI=1S/C38H41N3O5S.C31H36N2O5S.C13H12N2.6O3S/c1-5-11-34(42)31-24-28(25-32(40-31)35(43)12-6-2)26-15-17-30-27(23-26)16-18-33-37(30)38(3,4)36(41(33)21-10-22-47(44,45)46)19-20-39-29-13-8-7-9-14-29;1-6-9-28(34)25-18-23(19-26(32-25)29(35)10-7-2)21-11-13-24-22(17-21)12-14-27-30(24)31(4,5)20(3)33(27)15-8-16-39(36,37)38;1-3-7-12(8-4-1)14-11-15-13-9-5-2-6-10-13;6*1-4(2)3/h7-9,13-20,23-25H,5-6,10-12,21-22H2,1-4H3,(H,44,45,46);11-14,17-19H,6-10,15-16H2,1-5H3;1-11H,(H,14,15);;;;;;. The van der Waals surface area contributed by atoms with Crippen molar-refractivity contribution in [1.82, 2.24) is 9.97 Å². The number of allylic oxidation sites excluding steroid dienone is 1. The smallest absolute Gasteiger partial charge is 0.425 e. The lowest BCUT2D eigenvalue weighted by Gasteiger charge is -2.18. The van der Waals surface area contributed by atoms with E-state index in [0.717, 1.165) is 94.8 Å². The topological polar surface area (TPSA) is 558 Å². The van der Waals surface area contributed by atoms with Gasteiger partial charge in [0.15, 0.2) is 34.6 Å². The fourth-order valence-corrected chi connectivity index (χ4v) is 14.0. The highest BCUT2D eigenvalue weighted by atomic mass is 32.2. The van der Waals surface area contributed by atoms with Gasteiger partial charge in [0.1, 0.15) is 35.9 Å². The Bertz CT molecular complexity index is 6180. The molecule has 9 aromatic rings. The van der Waals surface area contributed by atoms with Gasteiger partial charge >= 0.3 is 63.7 Å². The summed E-state index contributed by atoms with van der Waals surface area (Å²) >= 11 is 0. The van der Waals surface area contributed by atoms with E-state index in [1.807, 2.05) is 174 Å². The minimum atomic E-state index is -4.35. The number of fused-ring (bicyclic) bond motifs is 6. The van der Waals surface area contributed by atoms with E-state index in [4.69, 9.17) is 75.8 Å². The Labute approximate surface area is 731 Å². The molecular formula is C82H89N7O28S8. The molecule has 35 nitrogen and oxygen atoms in total. The fourth-order valence-electron chi connectivity index (χ4n) is 13.0. The second-order valence-corrected chi connectivity index (χ2v) is 33.2. The normalized spacial score (nSPS) is 12.3. The maximum Gasteiger partial charge on any atom is 0.425 e. The molecule has 11 rings (SSSR count). The molecule has 125 heavy (non-hydrogen) atoms. The zero-order valence-corrected chi connectivity index (χ0v) is 75.3. The Morgan fingerprint density at radius 1 is 0.408 bits per heavy atom. The average Bonchev–Trinajstić information content (AvgIpc) is 1.58. The van der Waals surface area contributed by atoms with Crippen molar-refractivity contribution in [2.75, 3.05) is 35.2 Å². The van der Waals surface area contributed by atoms with Crippen LogP contribution < -0.4 is 10.6 Å². The summed E-state index contributed by atoms with van der Waals surface area (Å²) in [4.78, 5) is 64.4. The number of aliphatic imine (C=N–C) groups is 1. The summed E-state index contributed by atoms with van der Waals surface area (Å²) in [5, 5.41) is 10.5. The predicted molar refractivity (Wildman–Crippen MR) is 463 cm³/mol. The molecule has 0 unspecified atom stereocenters. The molecule has 2 aliphatic rings. The lowest BCUT2D eigenvalue weighted by molar-refractivity contribution is -0.438. The second-order valence-electron chi connectivity index (χ2n) is 27.7. The van der Waals surface area contributed by atoms with E-state index < -0.39 is 95.1 Å². The number of aromatic nitrogens is 2. The highest BCUT2D eigenvalue weighted by Gasteiger charge is 2.46. The molecule has 2 N–H and O–H groups in total. The van der Waals surface area contributed by atoms with Gasteiger partial charge in [0, 0.05) is 104 Å². The number of hydrogen-bond acceptors (Lipinski definition) is 32. The van der Waals surface area contributed by atoms with Crippen molar-refractivity contribution in [3.63, 3.8) is 0 Å². The Morgan fingerprint density at radius 3 is 1.06 bits per heavy atom. The van der Waals surface area contributed by atoms with E-state index in [9.17, 15) is 45.1 Å². The summed E-state index contributed by atoms with van der Waals surface area (Å²) in [7, 11) is -27.3. The van der Waals surface area contributed by atoms with Gasteiger partial charge in [-0.05, 0) is 182 Å². The van der Waals surface area contributed by atoms with Crippen molar-refractivity contribution < 1.29 is 130 Å². The number of carbonyl (C=O) groups is 4. The van der Waals surface area contributed by atoms with Crippen LogP contribution in [0, 0.1) is 0 Å². The second kappa shape index (κ2) is 52.5. The molecule has 4 heterocycles. The Morgan fingerprint density at radius 2 is 0.720 bits per heavy atom. The summed E-state index contributed by atoms with van der Waals surface area (Å²) in [5.41, 5.74) is 13.1. The first-order chi connectivity index (χ1) is 58.6. The monoisotopic (exact) mass is 1880 g/mol. The van der Waals surface area contributed by atoms with Crippen LogP contribution in [0.25, 0.3) is 43.8 Å². The molecule has 0 fully saturated rings. The molecule has 0 bridgehead atoms. The number of hydrogen-bond donors (Lipinski definition) is 2. The van der Waals surface area contributed by atoms with Gasteiger partial charge in [-0.25, -0.2) is 31.8 Å². The SMILES string of the molecule is C(=Nc1ccccc1)Nc1ccccc1.CCCC(=O)c1cc(-c2ccc3c4c(ccc3c2)[N+](CCCS(=O)(=O)[O-])=C(/C=C/Nc2ccccc2)C4(C)C)cc(C(=O)CCC)n1.CCCC(=O)c1cc(-c2ccc3c4c(ccc3c2)[N+](CCCS(=O)(=O)[O-])=C(C)C4(C)C)cc(C(=O)CCC)n1.O=S(=O)=O.O=S(=O)=O.O=S(=O)=O.O=S(=O)=O.O=S(=O)=O.O=S(=O)=O. The largest absolute Gasteiger partial charge is 0.748 e. The number of carbonyl (C=O) groups excluding carboxylic acids is 4. The van der Waals surface area contributed by atoms with Crippen molar-refractivity contribution in [2.24, 2.45) is 4.99 Å².